The van der Waals surface area contributed by atoms with E-state index in [2.05, 4.69) is 280 Å². The summed E-state index contributed by atoms with van der Waals surface area (Å²) < 4.78 is 0. The Balaban J connectivity index is 1.20. The second-order valence-corrected chi connectivity index (χ2v) is 18.1. The molecule has 0 spiro atoms. The van der Waals surface area contributed by atoms with E-state index < -0.39 is 5.41 Å². The van der Waals surface area contributed by atoms with Gasteiger partial charge in [-0.3, -0.25) is 0 Å². The molecule has 0 aliphatic heterocycles. The first-order chi connectivity index (χ1) is 32.8. The van der Waals surface area contributed by atoms with Crippen LogP contribution in [0.15, 0.2) is 243 Å². The molecule has 2 heteroatoms. The third-order valence-corrected chi connectivity index (χ3v) is 13.6. The maximum absolute atomic E-state index is 2.47. The number of hydrogen-bond acceptors (Lipinski definition) is 2. The molecule has 1 aliphatic carbocycles. The second-order valence-electron chi connectivity index (χ2n) is 18.1. The monoisotopic (exact) mass is 860 g/mol. The first-order valence-corrected chi connectivity index (χ1v) is 23.3. The van der Waals surface area contributed by atoms with E-state index >= 15 is 0 Å². The van der Waals surface area contributed by atoms with Crippen molar-refractivity contribution < 1.29 is 0 Å². The molecule has 10 aromatic carbocycles. The molecule has 0 radical (unpaired) electrons. The molecule has 0 aromatic heterocycles. The third kappa shape index (κ3) is 7.61. The number of rotatable bonds is 10. The molecule has 0 unspecified atom stereocenters. The Morgan fingerprint density at radius 3 is 0.821 bits per heavy atom. The maximum atomic E-state index is 2.47. The van der Waals surface area contributed by atoms with Crippen molar-refractivity contribution in [1.82, 2.24) is 0 Å². The fraction of sp³-hybridized carbons (Fsp3) is 0.0769. The van der Waals surface area contributed by atoms with Crippen molar-refractivity contribution in [2.75, 3.05) is 9.80 Å². The van der Waals surface area contributed by atoms with Gasteiger partial charge in [-0.2, -0.15) is 0 Å². The summed E-state index contributed by atoms with van der Waals surface area (Å²) in [4.78, 5) is 4.82. The topological polar surface area (TPSA) is 6.48 Å². The molecule has 0 fully saturated rings. The van der Waals surface area contributed by atoms with Crippen LogP contribution in [0.5, 0.6) is 0 Å². The fourth-order valence-corrected chi connectivity index (χ4v) is 10.1. The lowest BCUT2D eigenvalue weighted by Gasteiger charge is -2.36. The average molecular weight is 861 g/mol. The van der Waals surface area contributed by atoms with Crippen molar-refractivity contribution in [1.29, 1.82) is 0 Å². The van der Waals surface area contributed by atoms with Gasteiger partial charge in [0.15, 0.2) is 0 Å². The van der Waals surface area contributed by atoms with Crippen LogP contribution < -0.4 is 9.80 Å². The van der Waals surface area contributed by atoms with Gasteiger partial charge in [-0.25, -0.2) is 0 Å². The van der Waals surface area contributed by atoms with Crippen molar-refractivity contribution in [2.45, 2.75) is 33.1 Å². The Bertz CT molecular complexity index is 3000. The Kier molecular flexibility index (Phi) is 10.7. The van der Waals surface area contributed by atoms with Gasteiger partial charge in [0.2, 0.25) is 0 Å². The predicted molar refractivity (Wildman–Crippen MR) is 283 cm³/mol. The summed E-state index contributed by atoms with van der Waals surface area (Å²) in [5, 5.41) is 0. The highest BCUT2D eigenvalue weighted by molar-refractivity contribution is 5.92. The molecule has 322 valence electrons. The Morgan fingerprint density at radius 1 is 0.254 bits per heavy atom. The summed E-state index contributed by atoms with van der Waals surface area (Å²) in [6.07, 6.45) is 0. The molecule has 67 heavy (non-hydrogen) atoms. The minimum absolute atomic E-state index is 0.709. The van der Waals surface area contributed by atoms with E-state index in [1.165, 1.54) is 77.9 Å². The summed E-state index contributed by atoms with van der Waals surface area (Å²) >= 11 is 0. The molecule has 0 atom stereocenters. The molecule has 0 heterocycles. The first-order valence-electron chi connectivity index (χ1n) is 23.3. The second kappa shape index (κ2) is 17.3. The van der Waals surface area contributed by atoms with Gasteiger partial charge in [-0.15, -0.1) is 0 Å². The van der Waals surface area contributed by atoms with Crippen molar-refractivity contribution >= 4 is 34.1 Å². The normalized spacial score (nSPS) is 12.3. The van der Waals surface area contributed by atoms with Gasteiger partial charge in [0.05, 0.1) is 5.41 Å². The minimum Gasteiger partial charge on any atom is -0.310 e. The van der Waals surface area contributed by atoms with E-state index in [9.17, 15) is 0 Å². The molecular weight excluding hydrogens is 809 g/mol. The van der Waals surface area contributed by atoms with Crippen LogP contribution in [0.4, 0.5) is 34.1 Å². The zero-order valence-electron chi connectivity index (χ0n) is 38.5. The lowest BCUT2D eigenvalue weighted by molar-refractivity contribution is 0.768. The zero-order chi connectivity index (χ0) is 45.5. The van der Waals surface area contributed by atoms with E-state index in [0.29, 0.717) is 0 Å². The van der Waals surface area contributed by atoms with E-state index in [1.807, 2.05) is 0 Å². The standard InChI is InChI=1S/C65H52N2/c1-45-15-31-55(32-16-45)66(56-33-17-46(2)18-34-56)59-39-41-61-62-42-40-60(67(57-35-19-47(3)20-36-57)58-37-21-48(4)22-38-58)44-64(62)65(63(61)43-59,53-27-23-51(24-28-53)49-11-7-5-8-12-49)54-29-25-52(26-30-54)50-13-9-6-10-14-50/h5-44H,1-4H3. The van der Waals surface area contributed by atoms with E-state index in [-0.39, 0.29) is 0 Å². The van der Waals surface area contributed by atoms with Crippen LogP contribution in [0.2, 0.25) is 0 Å². The quantitative estimate of drug-likeness (QED) is 0.135. The van der Waals surface area contributed by atoms with Gasteiger partial charge in [0.25, 0.3) is 0 Å². The van der Waals surface area contributed by atoms with Crippen LogP contribution in [0.25, 0.3) is 33.4 Å². The van der Waals surface area contributed by atoms with Crippen molar-refractivity contribution in [3.8, 4) is 33.4 Å². The Labute approximate surface area is 395 Å². The van der Waals surface area contributed by atoms with E-state index in [4.69, 9.17) is 0 Å². The van der Waals surface area contributed by atoms with Crippen molar-refractivity contribution in [3.63, 3.8) is 0 Å². The maximum Gasteiger partial charge on any atom is 0.0715 e. The zero-order valence-corrected chi connectivity index (χ0v) is 38.5. The third-order valence-electron chi connectivity index (χ3n) is 13.6. The van der Waals surface area contributed by atoms with Gasteiger partial charge in [0, 0.05) is 34.1 Å². The van der Waals surface area contributed by atoms with Gasteiger partial charge in [-0.05, 0) is 156 Å². The van der Waals surface area contributed by atoms with Crippen molar-refractivity contribution in [3.05, 3.63) is 287 Å². The largest absolute Gasteiger partial charge is 0.310 e. The smallest absolute Gasteiger partial charge is 0.0715 e. The lowest BCUT2D eigenvalue weighted by atomic mass is 9.67. The van der Waals surface area contributed by atoms with Gasteiger partial charge < -0.3 is 9.80 Å². The number of aryl methyl sites for hydroxylation is 4. The fourth-order valence-electron chi connectivity index (χ4n) is 10.1. The first kappa shape index (κ1) is 41.5. The van der Waals surface area contributed by atoms with Crippen LogP contribution >= 0.6 is 0 Å². The highest BCUT2D eigenvalue weighted by atomic mass is 15.1. The van der Waals surface area contributed by atoms with Crippen LogP contribution in [0.3, 0.4) is 0 Å². The van der Waals surface area contributed by atoms with Gasteiger partial charge in [-0.1, -0.05) is 192 Å². The molecule has 0 bridgehead atoms. The average Bonchev–Trinajstić information content (AvgIpc) is 3.66. The van der Waals surface area contributed by atoms with Crippen LogP contribution in [-0.4, -0.2) is 0 Å². The minimum atomic E-state index is -0.709. The summed E-state index contributed by atoms with van der Waals surface area (Å²) in [7, 11) is 0. The summed E-state index contributed by atoms with van der Waals surface area (Å²) in [6.45, 7) is 8.61. The van der Waals surface area contributed by atoms with Crippen LogP contribution in [-0.2, 0) is 5.41 Å². The predicted octanol–water partition coefficient (Wildman–Crippen LogP) is 17.6. The number of benzene rings is 10. The lowest BCUT2D eigenvalue weighted by Crippen LogP contribution is -2.29. The van der Waals surface area contributed by atoms with E-state index in [1.54, 1.807) is 0 Å². The molecule has 0 amide bonds. The highest BCUT2D eigenvalue weighted by Crippen LogP contribution is 2.59. The summed E-state index contributed by atoms with van der Waals surface area (Å²) in [5.74, 6) is 0. The molecule has 10 aromatic rings. The Hall–Kier alpha value is -8.20. The SMILES string of the molecule is Cc1ccc(N(c2ccc(C)cc2)c2ccc3c(c2)C(c2ccc(-c4ccccc4)cc2)(c2ccc(-c4ccccc4)cc2)c2cc(N(c4ccc(C)cc4)c4ccc(C)cc4)ccc2-3)cc1. The number of hydrogen-bond donors (Lipinski definition) is 0. The van der Waals surface area contributed by atoms with Gasteiger partial charge in [0.1, 0.15) is 0 Å². The molecular formula is C65H52N2. The molecule has 2 nitrogen and oxygen atoms in total. The van der Waals surface area contributed by atoms with Crippen molar-refractivity contribution in [2.24, 2.45) is 0 Å². The van der Waals surface area contributed by atoms with E-state index in [0.717, 1.165) is 34.1 Å². The van der Waals surface area contributed by atoms with Crippen LogP contribution in [0.1, 0.15) is 44.5 Å². The number of anilines is 6. The molecule has 0 saturated heterocycles. The molecule has 0 saturated carbocycles. The highest BCUT2D eigenvalue weighted by Gasteiger charge is 2.47. The number of nitrogens with zero attached hydrogens (tertiary/aromatic N) is 2. The molecule has 0 N–H and O–H groups in total. The summed E-state index contributed by atoms with van der Waals surface area (Å²) in [5.41, 5.74) is 23.0. The number of fused-ring (bicyclic) bond motifs is 3. The Morgan fingerprint density at radius 2 is 0.522 bits per heavy atom. The molecule has 11 rings (SSSR count). The van der Waals surface area contributed by atoms with Crippen LogP contribution in [0, 0.1) is 27.7 Å². The molecule has 1 aliphatic rings. The summed E-state index contributed by atoms with van der Waals surface area (Å²) in [6, 6.07) is 90.1. The van der Waals surface area contributed by atoms with Gasteiger partial charge >= 0.3 is 0 Å².